The van der Waals surface area contributed by atoms with Crippen LogP contribution >= 0.6 is 0 Å². The van der Waals surface area contributed by atoms with Crippen LogP contribution in [0.3, 0.4) is 0 Å². The molecule has 8 nitrogen and oxygen atoms in total. The van der Waals surface area contributed by atoms with Gasteiger partial charge >= 0.3 is 0 Å². The van der Waals surface area contributed by atoms with Crippen molar-refractivity contribution in [3.05, 3.63) is 77.0 Å². The normalized spacial score (nSPS) is 15.4. The molecule has 1 atom stereocenters. The summed E-state index contributed by atoms with van der Waals surface area (Å²) in [6.07, 6.45) is 2.33. The third-order valence-corrected chi connectivity index (χ3v) is 6.24. The van der Waals surface area contributed by atoms with Crippen LogP contribution in [0.1, 0.15) is 40.9 Å². The van der Waals surface area contributed by atoms with Crippen LogP contribution in [0.4, 0.5) is 14.6 Å². The molecule has 1 unspecified atom stereocenters. The molecule has 4 rings (SSSR count). The van der Waals surface area contributed by atoms with Crippen molar-refractivity contribution in [1.82, 2.24) is 20.0 Å². The molecule has 0 spiro atoms. The number of nitrogens with one attached hydrogen (secondary N) is 1. The molecule has 3 N–H and O–H groups in total. The number of piperidine rings is 1. The number of carbonyl (C=O) groups is 2. The zero-order valence-electron chi connectivity index (χ0n) is 19.6. The maximum absolute atomic E-state index is 13.2. The molecule has 2 aromatic carbocycles. The van der Waals surface area contributed by atoms with Gasteiger partial charge in [0.15, 0.2) is 0 Å². The van der Waals surface area contributed by atoms with Gasteiger partial charge in [0.05, 0.1) is 17.3 Å². The van der Waals surface area contributed by atoms with Gasteiger partial charge in [-0.1, -0.05) is 0 Å². The van der Waals surface area contributed by atoms with E-state index < -0.39 is 5.82 Å². The number of halogens is 2. The van der Waals surface area contributed by atoms with Gasteiger partial charge in [-0.3, -0.25) is 9.59 Å². The number of nitriles is 1. The number of benzene rings is 2. The fraction of sp³-hybridized carbons (Fsp3) is 0.308. The minimum atomic E-state index is -0.408. The number of nitrogens with two attached hydrogens (primary N) is 1. The highest BCUT2D eigenvalue weighted by molar-refractivity contribution is 5.94. The second-order valence-electron chi connectivity index (χ2n) is 8.70. The first kappa shape index (κ1) is 24.9. The van der Waals surface area contributed by atoms with Crippen LogP contribution in [0.5, 0.6) is 0 Å². The van der Waals surface area contributed by atoms with E-state index in [4.69, 9.17) is 5.73 Å². The van der Waals surface area contributed by atoms with Crippen molar-refractivity contribution in [2.24, 2.45) is 5.92 Å². The van der Waals surface area contributed by atoms with Crippen molar-refractivity contribution in [2.45, 2.75) is 25.7 Å². The number of hydrogen-bond acceptors (Lipinski definition) is 5. The van der Waals surface area contributed by atoms with Gasteiger partial charge in [-0.15, -0.1) is 0 Å². The maximum atomic E-state index is 13.2. The summed E-state index contributed by atoms with van der Waals surface area (Å²) in [6.45, 7) is 1.23. The number of nitrogens with zero attached hydrogens (tertiary/aromatic N) is 4. The van der Waals surface area contributed by atoms with Crippen molar-refractivity contribution in [3.63, 3.8) is 0 Å². The summed E-state index contributed by atoms with van der Waals surface area (Å²) in [5.41, 5.74) is 7.78. The Bertz CT molecular complexity index is 1280. The number of aryl methyl sites for hydroxylation is 1. The lowest BCUT2D eigenvalue weighted by molar-refractivity contribution is -0.126. The molecule has 1 aliphatic rings. The summed E-state index contributed by atoms with van der Waals surface area (Å²) in [5, 5.41) is 16.8. The number of carbonyl (C=O) groups excluding carboxylic acids is 2. The van der Waals surface area contributed by atoms with Gasteiger partial charge in [-0.05, 0) is 74.2 Å². The van der Waals surface area contributed by atoms with Gasteiger partial charge in [-0.25, -0.2) is 13.5 Å². The van der Waals surface area contributed by atoms with Crippen molar-refractivity contribution < 1.29 is 18.4 Å². The highest BCUT2D eigenvalue weighted by atomic mass is 19.1. The Morgan fingerprint density at radius 2 is 1.78 bits per heavy atom. The molecule has 1 fully saturated rings. The first-order chi connectivity index (χ1) is 17.4. The second kappa shape index (κ2) is 11.0. The third kappa shape index (κ3) is 5.51. The van der Waals surface area contributed by atoms with Crippen molar-refractivity contribution in [1.29, 1.82) is 5.26 Å². The predicted octanol–water partition coefficient (Wildman–Crippen LogP) is 3.21. The van der Waals surface area contributed by atoms with Gasteiger partial charge in [0.2, 0.25) is 5.91 Å². The van der Waals surface area contributed by atoms with E-state index in [2.05, 4.69) is 16.5 Å². The molecule has 186 valence electrons. The summed E-state index contributed by atoms with van der Waals surface area (Å²) in [7, 11) is 0. The Kier molecular flexibility index (Phi) is 7.59. The Morgan fingerprint density at radius 3 is 2.44 bits per heavy atom. The Balaban J connectivity index is 1.30. The largest absolute Gasteiger partial charge is 0.382 e. The number of likely N-dealkylation sites (tertiary alicyclic amines) is 1. The summed E-state index contributed by atoms with van der Waals surface area (Å²) in [4.78, 5) is 27.1. The van der Waals surface area contributed by atoms with E-state index in [-0.39, 0.29) is 34.9 Å². The molecular formula is C26H26F2N6O2. The molecular weight excluding hydrogens is 466 g/mol. The van der Waals surface area contributed by atoms with Gasteiger partial charge < -0.3 is 16.0 Å². The Morgan fingerprint density at radius 1 is 1.11 bits per heavy atom. The van der Waals surface area contributed by atoms with Crippen LogP contribution in [-0.4, -0.2) is 46.1 Å². The molecule has 1 saturated heterocycles. The smallest absolute Gasteiger partial charge is 0.253 e. The molecule has 2 amide bonds. The van der Waals surface area contributed by atoms with Gasteiger partial charge in [-0.2, -0.15) is 10.4 Å². The fourth-order valence-electron chi connectivity index (χ4n) is 4.32. The first-order valence-electron chi connectivity index (χ1n) is 11.7. The Labute approximate surface area is 207 Å². The van der Waals surface area contributed by atoms with E-state index in [1.807, 2.05) is 0 Å². The van der Waals surface area contributed by atoms with E-state index in [1.165, 1.54) is 53.2 Å². The SMILES string of the molecule is N#Cc1c(CCCNC(=O)C2CCCN(C(=O)c3ccc(F)cc3)C2)nn(-c2ccc(F)cc2)c1N. The first-order valence-corrected chi connectivity index (χ1v) is 11.7. The van der Waals surface area contributed by atoms with Crippen molar-refractivity contribution in [2.75, 3.05) is 25.4 Å². The van der Waals surface area contributed by atoms with E-state index in [0.717, 1.165) is 0 Å². The zero-order chi connectivity index (χ0) is 25.7. The van der Waals surface area contributed by atoms with Crippen LogP contribution in [0, 0.1) is 28.9 Å². The standard InChI is InChI=1S/C26H26F2N6O2/c27-19-7-5-17(6-8-19)26(36)33-14-2-3-18(16-33)25(35)31-13-1-4-23-22(15-29)24(30)34(32-23)21-11-9-20(28)10-12-21/h5-12,18H,1-4,13-14,16,30H2,(H,31,35). The van der Waals surface area contributed by atoms with Crippen LogP contribution in [0.25, 0.3) is 5.69 Å². The quantitative estimate of drug-likeness (QED) is 0.491. The Hall–Kier alpha value is -4.26. The minimum absolute atomic E-state index is 0.136. The maximum Gasteiger partial charge on any atom is 0.253 e. The molecule has 3 aromatic rings. The number of hydrogen-bond donors (Lipinski definition) is 2. The topological polar surface area (TPSA) is 117 Å². The molecule has 0 bridgehead atoms. The summed E-state index contributed by atoms with van der Waals surface area (Å²) in [5.74, 6) is -1.30. The molecule has 1 aliphatic heterocycles. The summed E-state index contributed by atoms with van der Waals surface area (Å²) >= 11 is 0. The molecule has 2 heterocycles. The number of amides is 2. The lowest BCUT2D eigenvalue weighted by atomic mass is 9.96. The average molecular weight is 493 g/mol. The molecule has 10 heteroatoms. The van der Waals surface area contributed by atoms with Gasteiger partial charge in [0, 0.05) is 25.2 Å². The van der Waals surface area contributed by atoms with Gasteiger partial charge in [0.1, 0.15) is 29.1 Å². The molecule has 0 radical (unpaired) electrons. The summed E-state index contributed by atoms with van der Waals surface area (Å²) < 4.78 is 27.8. The number of aromatic nitrogens is 2. The van der Waals surface area contributed by atoms with Crippen LogP contribution in [0.2, 0.25) is 0 Å². The monoisotopic (exact) mass is 492 g/mol. The minimum Gasteiger partial charge on any atom is -0.382 e. The number of nitrogen functional groups attached to an aromatic ring is 1. The fourth-order valence-corrected chi connectivity index (χ4v) is 4.32. The van der Waals surface area contributed by atoms with Crippen LogP contribution in [-0.2, 0) is 11.2 Å². The predicted molar refractivity (Wildman–Crippen MR) is 129 cm³/mol. The van der Waals surface area contributed by atoms with E-state index >= 15 is 0 Å². The molecule has 0 saturated carbocycles. The summed E-state index contributed by atoms with van der Waals surface area (Å²) in [6, 6.07) is 13.1. The highest BCUT2D eigenvalue weighted by Gasteiger charge is 2.28. The average Bonchev–Trinajstić information content (AvgIpc) is 3.22. The van der Waals surface area contributed by atoms with E-state index in [1.54, 1.807) is 4.90 Å². The molecule has 36 heavy (non-hydrogen) atoms. The lowest BCUT2D eigenvalue weighted by Crippen LogP contribution is -2.45. The molecule has 0 aliphatic carbocycles. The molecule has 1 aromatic heterocycles. The highest BCUT2D eigenvalue weighted by Crippen LogP contribution is 2.22. The zero-order valence-corrected chi connectivity index (χ0v) is 19.6. The van der Waals surface area contributed by atoms with Crippen molar-refractivity contribution >= 4 is 17.6 Å². The van der Waals surface area contributed by atoms with E-state index in [0.29, 0.717) is 62.3 Å². The number of rotatable bonds is 7. The third-order valence-electron chi connectivity index (χ3n) is 6.24. The van der Waals surface area contributed by atoms with E-state index in [9.17, 15) is 23.6 Å². The van der Waals surface area contributed by atoms with Crippen LogP contribution < -0.4 is 11.1 Å². The van der Waals surface area contributed by atoms with Crippen LogP contribution in [0.15, 0.2) is 48.5 Å². The number of anilines is 1. The lowest BCUT2D eigenvalue weighted by Gasteiger charge is -2.32. The van der Waals surface area contributed by atoms with Crippen molar-refractivity contribution in [3.8, 4) is 11.8 Å². The van der Waals surface area contributed by atoms with Gasteiger partial charge in [0.25, 0.3) is 5.91 Å². The second-order valence-corrected chi connectivity index (χ2v) is 8.70.